The first-order valence-corrected chi connectivity index (χ1v) is 7.99. The van der Waals surface area contributed by atoms with Crippen LogP contribution in [0.4, 0.5) is 4.39 Å². The number of esters is 1. The van der Waals surface area contributed by atoms with Crippen molar-refractivity contribution in [3.05, 3.63) is 29.0 Å². The summed E-state index contributed by atoms with van der Waals surface area (Å²) in [6.45, 7) is 6.28. The highest BCUT2D eigenvalue weighted by Crippen LogP contribution is 2.22. The van der Waals surface area contributed by atoms with Gasteiger partial charge in [-0.3, -0.25) is 4.79 Å². The minimum Gasteiger partial charge on any atom is -0.459 e. The molecule has 0 spiro atoms. The van der Waals surface area contributed by atoms with E-state index in [0.717, 1.165) is 6.07 Å². The third-order valence-electron chi connectivity index (χ3n) is 2.30. The predicted molar refractivity (Wildman–Crippen MR) is 77.0 cm³/mol. The average Bonchev–Trinajstić information content (AvgIpc) is 2.29. The van der Waals surface area contributed by atoms with Crippen LogP contribution < -0.4 is 4.72 Å². The van der Waals surface area contributed by atoms with Gasteiger partial charge in [-0.15, -0.1) is 0 Å². The van der Waals surface area contributed by atoms with E-state index in [1.165, 1.54) is 19.1 Å². The van der Waals surface area contributed by atoms with Crippen LogP contribution in [-0.4, -0.2) is 26.0 Å². The van der Waals surface area contributed by atoms with E-state index in [4.69, 9.17) is 16.3 Å². The van der Waals surface area contributed by atoms with Crippen molar-refractivity contribution in [2.75, 3.05) is 0 Å². The van der Waals surface area contributed by atoms with Gasteiger partial charge in [-0.2, -0.15) is 4.72 Å². The molecular formula is C13H17ClFNO4S. The Kier molecular flexibility index (Phi) is 5.35. The van der Waals surface area contributed by atoms with Gasteiger partial charge in [-0.25, -0.2) is 12.8 Å². The molecule has 1 N–H and O–H groups in total. The molecule has 0 saturated heterocycles. The van der Waals surface area contributed by atoms with E-state index in [1.807, 2.05) is 0 Å². The van der Waals surface area contributed by atoms with Crippen LogP contribution in [0.2, 0.25) is 5.02 Å². The molecule has 1 aromatic carbocycles. The molecule has 118 valence electrons. The van der Waals surface area contributed by atoms with Crippen molar-refractivity contribution in [2.24, 2.45) is 0 Å². The summed E-state index contributed by atoms with van der Waals surface area (Å²) in [5.74, 6) is -1.82. The topological polar surface area (TPSA) is 72.5 Å². The van der Waals surface area contributed by atoms with Crippen LogP contribution in [0.5, 0.6) is 0 Å². The highest BCUT2D eigenvalue weighted by atomic mass is 35.5. The van der Waals surface area contributed by atoms with Gasteiger partial charge in [-0.05, 0) is 39.8 Å². The van der Waals surface area contributed by atoms with Crippen molar-refractivity contribution < 1.29 is 22.3 Å². The molecule has 21 heavy (non-hydrogen) atoms. The molecule has 1 rings (SSSR count). The molecule has 0 aliphatic heterocycles. The number of hydrogen-bond acceptors (Lipinski definition) is 4. The number of hydrogen-bond donors (Lipinski definition) is 1. The van der Waals surface area contributed by atoms with Crippen LogP contribution in [-0.2, 0) is 19.6 Å². The van der Waals surface area contributed by atoms with Crippen LogP contribution in [0.25, 0.3) is 0 Å². The maximum absolute atomic E-state index is 13.8. The fourth-order valence-corrected chi connectivity index (χ4v) is 2.95. The first-order chi connectivity index (χ1) is 9.44. The van der Waals surface area contributed by atoms with Crippen molar-refractivity contribution in [3.63, 3.8) is 0 Å². The van der Waals surface area contributed by atoms with Crippen LogP contribution in [0.3, 0.4) is 0 Å². The number of halogens is 2. The fraction of sp³-hybridized carbons (Fsp3) is 0.462. The second-order valence-corrected chi connectivity index (χ2v) is 7.52. The minimum absolute atomic E-state index is 0.317. The largest absolute Gasteiger partial charge is 0.459 e. The maximum atomic E-state index is 13.8. The summed E-state index contributed by atoms with van der Waals surface area (Å²) in [5.41, 5.74) is -0.752. The number of sulfonamides is 1. The summed E-state index contributed by atoms with van der Waals surface area (Å²) in [5, 5.41) is -0.317. The van der Waals surface area contributed by atoms with Gasteiger partial charge in [0.25, 0.3) is 0 Å². The van der Waals surface area contributed by atoms with E-state index in [1.54, 1.807) is 20.8 Å². The molecule has 0 amide bonds. The van der Waals surface area contributed by atoms with E-state index in [9.17, 15) is 17.6 Å². The van der Waals surface area contributed by atoms with E-state index in [2.05, 4.69) is 4.72 Å². The lowest BCUT2D eigenvalue weighted by Crippen LogP contribution is -2.42. The Labute approximate surface area is 128 Å². The summed E-state index contributed by atoms with van der Waals surface area (Å²) in [7, 11) is -4.22. The minimum atomic E-state index is -4.22. The molecule has 0 aliphatic carbocycles. The molecule has 8 heteroatoms. The first-order valence-electron chi connectivity index (χ1n) is 6.13. The Balaban J connectivity index is 2.95. The normalized spacial score (nSPS) is 13.8. The Morgan fingerprint density at radius 3 is 2.48 bits per heavy atom. The Morgan fingerprint density at radius 1 is 1.38 bits per heavy atom. The molecule has 0 heterocycles. The monoisotopic (exact) mass is 337 g/mol. The molecular weight excluding hydrogens is 321 g/mol. The molecule has 0 bridgehead atoms. The second-order valence-electron chi connectivity index (χ2n) is 5.43. The molecule has 0 unspecified atom stereocenters. The van der Waals surface area contributed by atoms with Gasteiger partial charge in [0.1, 0.15) is 16.5 Å². The van der Waals surface area contributed by atoms with Crippen molar-refractivity contribution in [1.82, 2.24) is 4.72 Å². The maximum Gasteiger partial charge on any atom is 0.324 e. The molecule has 0 aromatic heterocycles. The molecule has 0 fully saturated rings. The van der Waals surface area contributed by atoms with Gasteiger partial charge in [0.2, 0.25) is 10.0 Å². The van der Waals surface area contributed by atoms with Crippen molar-refractivity contribution >= 4 is 27.6 Å². The van der Waals surface area contributed by atoms with Gasteiger partial charge in [0.05, 0.1) is 5.02 Å². The third-order valence-corrected chi connectivity index (χ3v) is 4.15. The molecule has 5 nitrogen and oxygen atoms in total. The van der Waals surface area contributed by atoms with Crippen LogP contribution in [0.15, 0.2) is 23.1 Å². The van der Waals surface area contributed by atoms with Gasteiger partial charge in [0.15, 0.2) is 5.82 Å². The highest BCUT2D eigenvalue weighted by Gasteiger charge is 2.28. The number of carbonyl (C=O) groups is 1. The van der Waals surface area contributed by atoms with E-state index >= 15 is 0 Å². The van der Waals surface area contributed by atoms with Gasteiger partial charge in [-0.1, -0.05) is 17.7 Å². The summed E-state index contributed by atoms with van der Waals surface area (Å²) in [4.78, 5) is 11.1. The van der Waals surface area contributed by atoms with Gasteiger partial charge < -0.3 is 4.74 Å². The number of ether oxygens (including phenoxy) is 1. The molecule has 0 radical (unpaired) electrons. The third kappa shape index (κ3) is 4.94. The quantitative estimate of drug-likeness (QED) is 0.857. The van der Waals surface area contributed by atoms with E-state index in [0.29, 0.717) is 0 Å². The van der Waals surface area contributed by atoms with Crippen LogP contribution in [0.1, 0.15) is 27.7 Å². The number of benzene rings is 1. The summed E-state index contributed by atoms with van der Waals surface area (Å²) in [6, 6.07) is 2.43. The van der Waals surface area contributed by atoms with Crippen LogP contribution in [0, 0.1) is 5.82 Å². The summed E-state index contributed by atoms with van der Waals surface area (Å²) < 4.78 is 45.0. The lowest BCUT2D eigenvalue weighted by Gasteiger charge is -2.22. The van der Waals surface area contributed by atoms with Crippen molar-refractivity contribution in [1.29, 1.82) is 0 Å². The lowest BCUT2D eigenvalue weighted by atomic mass is 10.2. The Bertz CT molecular complexity index is 640. The smallest absolute Gasteiger partial charge is 0.324 e. The Morgan fingerprint density at radius 2 is 1.95 bits per heavy atom. The van der Waals surface area contributed by atoms with Crippen molar-refractivity contribution in [2.45, 2.75) is 44.2 Å². The van der Waals surface area contributed by atoms with Gasteiger partial charge >= 0.3 is 5.97 Å². The highest BCUT2D eigenvalue weighted by molar-refractivity contribution is 7.89. The fourth-order valence-electron chi connectivity index (χ4n) is 1.43. The first kappa shape index (κ1) is 17.9. The second kappa shape index (κ2) is 6.29. The van der Waals surface area contributed by atoms with Crippen molar-refractivity contribution in [3.8, 4) is 0 Å². The summed E-state index contributed by atoms with van der Waals surface area (Å²) >= 11 is 5.55. The van der Waals surface area contributed by atoms with E-state index < -0.39 is 38.3 Å². The van der Waals surface area contributed by atoms with Crippen LogP contribution >= 0.6 is 11.6 Å². The standard InChI is InChI=1S/C13H17ClFNO4S/c1-8(12(17)20-13(2,3)4)16-21(18,19)10-7-5-6-9(14)11(10)15/h5-8,16H,1-4H3/t8-/m0/s1. The lowest BCUT2D eigenvalue weighted by molar-refractivity contribution is -0.156. The molecule has 0 saturated carbocycles. The SMILES string of the molecule is C[C@H](NS(=O)(=O)c1cccc(Cl)c1F)C(=O)OC(C)(C)C. The van der Waals surface area contributed by atoms with E-state index in [-0.39, 0.29) is 5.02 Å². The molecule has 1 atom stereocenters. The zero-order valence-corrected chi connectivity index (χ0v) is 13.7. The molecule has 1 aromatic rings. The predicted octanol–water partition coefficient (Wildman–Crippen LogP) is 2.49. The number of rotatable bonds is 4. The molecule has 0 aliphatic rings. The Hall–Kier alpha value is -1.18. The zero-order chi connectivity index (χ0) is 16.4. The van der Waals surface area contributed by atoms with Gasteiger partial charge in [0, 0.05) is 0 Å². The number of nitrogens with one attached hydrogen (secondary N) is 1. The zero-order valence-electron chi connectivity index (χ0n) is 12.1. The number of carbonyl (C=O) groups excluding carboxylic acids is 1. The average molecular weight is 338 g/mol. The summed E-state index contributed by atoms with van der Waals surface area (Å²) in [6.07, 6.45) is 0.